The highest BCUT2D eigenvalue weighted by atomic mass is 32.2. The highest BCUT2D eigenvalue weighted by Gasteiger charge is 2.47. The number of nitrogens with zero attached hydrogens (tertiary/aromatic N) is 6. The summed E-state index contributed by atoms with van der Waals surface area (Å²) in [6.07, 6.45) is 0.701. The number of methoxy groups -OCH3 is 1. The van der Waals surface area contributed by atoms with E-state index in [4.69, 9.17) is 9.47 Å². The van der Waals surface area contributed by atoms with E-state index in [1.54, 1.807) is 12.4 Å². The van der Waals surface area contributed by atoms with Crippen molar-refractivity contribution in [2.45, 2.75) is 48.5 Å². The summed E-state index contributed by atoms with van der Waals surface area (Å²) in [6.45, 7) is 3.39. The van der Waals surface area contributed by atoms with Crippen LogP contribution in [0.5, 0.6) is 0 Å². The van der Waals surface area contributed by atoms with Gasteiger partial charge in [0.25, 0.3) is 0 Å². The first kappa shape index (κ1) is 22.8. The van der Waals surface area contributed by atoms with E-state index in [9.17, 15) is 15.5 Å². The first-order valence-corrected chi connectivity index (χ1v) is 11.6. The number of aliphatic hydroxyl groups excluding tert-OH is 2. The van der Waals surface area contributed by atoms with Crippen LogP contribution in [0.15, 0.2) is 28.7 Å². The number of hydrogen-bond donors (Lipinski definition) is 2. The number of thiazole rings is 1. The molecular weight excluding hydrogens is 452 g/mol. The molecule has 0 aliphatic carbocycles. The van der Waals surface area contributed by atoms with Crippen LogP contribution >= 0.6 is 23.1 Å². The predicted molar refractivity (Wildman–Crippen MR) is 117 cm³/mol. The van der Waals surface area contributed by atoms with Crippen molar-refractivity contribution in [2.24, 2.45) is 0 Å². The average Bonchev–Trinajstić information content (AvgIpc) is 3.43. The van der Waals surface area contributed by atoms with E-state index < -0.39 is 36.4 Å². The zero-order valence-electron chi connectivity index (χ0n) is 17.6. The molecule has 1 aliphatic heterocycles. The second-order valence-corrected chi connectivity index (χ2v) is 9.37. The van der Waals surface area contributed by atoms with Gasteiger partial charge in [0, 0.05) is 29.3 Å². The maximum Gasteiger partial charge on any atom is 0.154 e. The van der Waals surface area contributed by atoms with Gasteiger partial charge in [-0.1, -0.05) is 17.0 Å². The van der Waals surface area contributed by atoms with E-state index in [1.807, 2.05) is 25.3 Å². The number of aryl methyl sites for hydroxylation is 2. The molecule has 0 radical (unpaired) electrons. The van der Waals surface area contributed by atoms with Crippen LogP contribution in [0.3, 0.4) is 0 Å². The Morgan fingerprint density at radius 2 is 2.22 bits per heavy atom. The number of rotatable bonds is 6. The molecule has 0 aromatic carbocycles. The monoisotopic (exact) mass is 474 g/mol. The molecule has 3 aromatic rings. The topological polar surface area (TPSA) is 139 Å². The Morgan fingerprint density at radius 1 is 1.41 bits per heavy atom. The van der Waals surface area contributed by atoms with Crippen molar-refractivity contribution in [1.82, 2.24) is 25.0 Å². The molecule has 1 aliphatic rings. The molecule has 2 N–H and O–H groups in total. The summed E-state index contributed by atoms with van der Waals surface area (Å²) in [6, 6.07) is 3.24. The second-order valence-electron chi connectivity index (χ2n) is 7.37. The minimum atomic E-state index is -1.10. The van der Waals surface area contributed by atoms with Gasteiger partial charge < -0.3 is 19.7 Å². The van der Waals surface area contributed by atoms with E-state index in [2.05, 4.69) is 26.3 Å². The van der Waals surface area contributed by atoms with Gasteiger partial charge in [-0.15, -0.1) is 16.4 Å². The lowest BCUT2D eigenvalue weighted by molar-refractivity contribution is -0.186. The summed E-state index contributed by atoms with van der Waals surface area (Å²) in [5.74, 6) is 0. The van der Waals surface area contributed by atoms with Gasteiger partial charge in [-0.05, 0) is 25.5 Å². The summed E-state index contributed by atoms with van der Waals surface area (Å²) in [5.41, 5.74) is 1.99. The number of aromatic nitrogens is 5. The molecule has 12 heteroatoms. The maximum absolute atomic E-state index is 11.0. The molecule has 5 atom stereocenters. The first-order valence-electron chi connectivity index (χ1n) is 9.80. The van der Waals surface area contributed by atoms with Crippen molar-refractivity contribution in [2.75, 3.05) is 13.7 Å². The number of thioether (sulfide) groups is 1. The fourth-order valence-corrected chi connectivity index (χ4v) is 5.61. The maximum atomic E-state index is 11.0. The quantitative estimate of drug-likeness (QED) is 0.543. The summed E-state index contributed by atoms with van der Waals surface area (Å²) < 4.78 is 13.2. The molecule has 10 nitrogen and oxygen atoms in total. The Labute approximate surface area is 192 Å². The van der Waals surface area contributed by atoms with Gasteiger partial charge in [0.15, 0.2) is 5.69 Å². The number of hydrogen-bond acceptors (Lipinski definition) is 11. The minimum Gasteiger partial charge on any atom is -0.394 e. The molecule has 4 heterocycles. The molecular formula is C20H22N6O4S2. The second kappa shape index (κ2) is 9.62. The minimum absolute atomic E-state index is 0.268. The smallest absolute Gasteiger partial charge is 0.154 e. The molecule has 1 saturated heterocycles. The van der Waals surface area contributed by atoms with Crippen LogP contribution in [-0.4, -0.2) is 72.6 Å². The highest BCUT2D eigenvalue weighted by molar-refractivity contribution is 7.99. The summed E-state index contributed by atoms with van der Waals surface area (Å²) in [7, 11) is 1.52. The predicted octanol–water partition coefficient (Wildman–Crippen LogP) is 1.71. The lowest BCUT2D eigenvalue weighted by Crippen LogP contribution is -2.55. The largest absolute Gasteiger partial charge is 0.394 e. The summed E-state index contributed by atoms with van der Waals surface area (Å²) in [5, 5.41) is 41.3. The van der Waals surface area contributed by atoms with Gasteiger partial charge in [0.2, 0.25) is 0 Å². The van der Waals surface area contributed by atoms with Crippen LogP contribution in [0.1, 0.15) is 23.0 Å². The van der Waals surface area contributed by atoms with Gasteiger partial charge >= 0.3 is 0 Å². The van der Waals surface area contributed by atoms with Gasteiger partial charge in [0.1, 0.15) is 46.6 Å². The number of pyridine rings is 1. The summed E-state index contributed by atoms with van der Waals surface area (Å²) in [4.78, 5) is 9.23. The molecule has 0 spiro atoms. The fourth-order valence-electron chi connectivity index (χ4n) is 3.54. The lowest BCUT2D eigenvalue weighted by atomic mass is 9.97. The molecule has 168 valence electrons. The van der Waals surface area contributed by atoms with Crippen molar-refractivity contribution >= 4 is 23.1 Å². The van der Waals surface area contributed by atoms with E-state index in [1.165, 1.54) is 34.9 Å². The molecule has 0 saturated carbocycles. The van der Waals surface area contributed by atoms with Gasteiger partial charge in [-0.2, -0.15) is 5.26 Å². The van der Waals surface area contributed by atoms with Crippen molar-refractivity contribution in [3.63, 3.8) is 0 Å². The van der Waals surface area contributed by atoms with Crippen molar-refractivity contribution in [1.29, 1.82) is 5.26 Å². The van der Waals surface area contributed by atoms with Gasteiger partial charge in [-0.3, -0.25) is 0 Å². The lowest BCUT2D eigenvalue weighted by Gasteiger charge is -2.43. The van der Waals surface area contributed by atoms with Gasteiger partial charge in [-0.25, -0.2) is 14.6 Å². The SMILES string of the molecule is COC1C(n2cc(-c3nc(C)cs3)nn2)[C@@H](O)C(CO)O[C@@H]1Sc1cc(C)cnc1C#N. The molecule has 3 unspecified atom stereocenters. The zero-order valence-corrected chi connectivity index (χ0v) is 19.2. The number of nitriles is 1. The Bertz CT molecular complexity index is 1130. The third-order valence-electron chi connectivity index (χ3n) is 5.09. The Morgan fingerprint density at radius 3 is 2.88 bits per heavy atom. The van der Waals surface area contributed by atoms with Crippen LogP contribution < -0.4 is 0 Å². The Kier molecular flexibility index (Phi) is 6.85. The Hall–Kier alpha value is -2.40. The normalized spacial score (nSPS) is 25.6. The van der Waals surface area contributed by atoms with Crippen LogP contribution in [0.2, 0.25) is 0 Å². The third kappa shape index (κ3) is 4.40. The van der Waals surface area contributed by atoms with Crippen LogP contribution in [-0.2, 0) is 9.47 Å². The third-order valence-corrected chi connectivity index (χ3v) is 7.25. The van der Waals surface area contributed by atoms with E-state index in [0.29, 0.717) is 10.6 Å². The molecule has 1 fully saturated rings. The van der Waals surface area contributed by atoms with Crippen molar-refractivity contribution in [3.05, 3.63) is 40.8 Å². The molecule has 3 aromatic heterocycles. The van der Waals surface area contributed by atoms with Crippen molar-refractivity contribution in [3.8, 4) is 16.8 Å². The number of aliphatic hydroxyl groups is 2. The number of ether oxygens (including phenoxy) is 2. The Balaban J connectivity index is 1.68. The van der Waals surface area contributed by atoms with Crippen LogP contribution in [0.25, 0.3) is 10.7 Å². The molecule has 0 amide bonds. The van der Waals surface area contributed by atoms with E-state index >= 15 is 0 Å². The zero-order chi connectivity index (χ0) is 22.8. The standard InChI is InChI=1S/C20H22N6O4S2/c1-10-4-15(12(5-21)22-6-10)32-20-18(29-3)16(17(28)14(8-27)30-20)26-7-13(24-25-26)19-23-11(2)9-31-19/h4,6-7,9,14,16-18,20,27-28H,8H2,1-3H3/t14?,16?,17-,18?,20+/m0/s1. The van der Waals surface area contributed by atoms with Crippen LogP contribution in [0.4, 0.5) is 0 Å². The molecule has 32 heavy (non-hydrogen) atoms. The van der Waals surface area contributed by atoms with Crippen LogP contribution in [0, 0.1) is 25.2 Å². The average molecular weight is 475 g/mol. The highest BCUT2D eigenvalue weighted by Crippen LogP contribution is 2.40. The summed E-state index contributed by atoms with van der Waals surface area (Å²) >= 11 is 2.72. The van der Waals surface area contributed by atoms with E-state index in [-0.39, 0.29) is 5.69 Å². The van der Waals surface area contributed by atoms with Crippen molar-refractivity contribution < 1.29 is 19.7 Å². The first-order chi connectivity index (χ1) is 15.4. The fraction of sp³-hybridized carbons (Fsp3) is 0.450. The molecule has 0 bridgehead atoms. The van der Waals surface area contributed by atoms with E-state index in [0.717, 1.165) is 16.3 Å². The molecule has 4 rings (SSSR count). The van der Waals surface area contributed by atoms with Gasteiger partial charge in [0.05, 0.1) is 12.8 Å².